The lowest BCUT2D eigenvalue weighted by atomic mass is 9.90. The van der Waals surface area contributed by atoms with Gasteiger partial charge in [-0.05, 0) is 18.8 Å². The molecule has 0 bridgehead atoms. The Kier molecular flexibility index (Phi) is 4.29. The van der Waals surface area contributed by atoms with Crippen molar-refractivity contribution >= 4 is 5.69 Å². The molecule has 6 heteroatoms. The van der Waals surface area contributed by atoms with Gasteiger partial charge in [0.05, 0.1) is 17.6 Å². The minimum atomic E-state index is -1.08. The molecule has 0 atom stereocenters. The van der Waals surface area contributed by atoms with Crippen LogP contribution in [-0.4, -0.2) is 11.5 Å². The van der Waals surface area contributed by atoms with Crippen LogP contribution < -0.4 is 4.74 Å². The lowest BCUT2D eigenvalue weighted by molar-refractivity contribution is -0.387. The van der Waals surface area contributed by atoms with Crippen molar-refractivity contribution in [3.05, 3.63) is 33.9 Å². The zero-order valence-electron chi connectivity index (χ0n) is 10.4. The van der Waals surface area contributed by atoms with E-state index in [9.17, 15) is 18.9 Å². The fraction of sp³-hybridized carbons (Fsp3) is 0.538. The maximum absolute atomic E-state index is 13.5. The molecule has 0 amide bonds. The minimum absolute atomic E-state index is 0.256. The molecule has 4 nitrogen and oxygen atoms in total. The number of ether oxygens (including phenoxy) is 1. The summed E-state index contributed by atoms with van der Waals surface area (Å²) < 4.78 is 32.2. The average Bonchev–Trinajstić information content (AvgIpc) is 2.40. The van der Waals surface area contributed by atoms with Gasteiger partial charge in [-0.2, -0.15) is 4.39 Å². The van der Waals surface area contributed by atoms with E-state index >= 15 is 0 Å². The van der Waals surface area contributed by atoms with Crippen molar-refractivity contribution in [2.24, 2.45) is 5.92 Å². The first-order valence-electron chi connectivity index (χ1n) is 6.34. The van der Waals surface area contributed by atoms with Gasteiger partial charge in [-0.1, -0.05) is 19.3 Å². The highest BCUT2D eigenvalue weighted by atomic mass is 19.1. The molecule has 1 aromatic rings. The molecule has 1 fully saturated rings. The second-order valence-electron chi connectivity index (χ2n) is 4.81. The summed E-state index contributed by atoms with van der Waals surface area (Å²) in [6.07, 6.45) is 5.52. The molecule has 0 N–H and O–H groups in total. The summed E-state index contributed by atoms with van der Waals surface area (Å²) in [5.41, 5.74) is -0.873. The largest absolute Gasteiger partial charge is 0.490 e. The van der Waals surface area contributed by atoms with Crippen LogP contribution in [0.1, 0.15) is 32.1 Å². The molecule has 0 radical (unpaired) electrons. The fourth-order valence-electron chi connectivity index (χ4n) is 2.33. The third-order valence-electron chi connectivity index (χ3n) is 3.40. The Balaban J connectivity index is 2.04. The first-order chi connectivity index (χ1) is 9.08. The van der Waals surface area contributed by atoms with E-state index < -0.39 is 22.2 Å². The van der Waals surface area contributed by atoms with Crippen LogP contribution in [0.4, 0.5) is 14.5 Å². The zero-order valence-corrected chi connectivity index (χ0v) is 10.4. The van der Waals surface area contributed by atoms with Crippen LogP contribution in [0.2, 0.25) is 0 Å². The van der Waals surface area contributed by atoms with Gasteiger partial charge in [0.25, 0.3) is 0 Å². The van der Waals surface area contributed by atoms with Crippen LogP contribution in [0, 0.1) is 27.7 Å². The highest BCUT2D eigenvalue weighted by molar-refractivity contribution is 5.39. The molecule has 2 rings (SSSR count). The number of nitro benzene ring substituents is 1. The van der Waals surface area contributed by atoms with Crippen LogP contribution in [0.3, 0.4) is 0 Å². The predicted octanol–water partition coefficient (Wildman–Crippen LogP) is 3.83. The molecular formula is C13H15F2NO3. The highest BCUT2D eigenvalue weighted by Gasteiger charge is 2.20. The molecule has 1 aliphatic carbocycles. The summed E-state index contributed by atoms with van der Waals surface area (Å²) in [5.74, 6) is -1.88. The van der Waals surface area contributed by atoms with E-state index in [1.165, 1.54) is 6.42 Å². The topological polar surface area (TPSA) is 52.4 Å². The Bertz CT molecular complexity index is 473. The maximum Gasteiger partial charge on any atom is 0.307 e. The summed E-state index contributed by atoms with van der Waals surface area (Å²) >= 11 is 0. The Morgan fingerprint density at radius 3 is 2.53 bits per heavy atom. The van der Waals surface area contributed by atoms with Crippen molar-refractivity contribution in [1.82, 2.24) is 0 Å². The molecule has 0 unspecified atom stereocenters. The van der Waals surface area contributed by atoms with E-state index in [2.05, 4.69) is 0 Å². The normalized spacial score (nSPS) is 16.3. The number of hydrogen-bond donors (Lipinski definition) is 0. The van der Waals surface area contributed by atoms with Crippen molar-refractivity contribution in [2.75, 3.05) is 6.61 Å². The molecule has 1 saturated carbocycles. The SMILES string of the molecule is O=[N+]([O-])c1cc(F)c(OCC2CCCCC2)cc1F. The van der Waals surface area contributed by atoms with Gasteiger partial charge in [-0.25, -0.2) is 4.39 Å². The molecular weight excluding hydrogens is 256 g/mol. The summed E-state index contributed by atoms with van der Waals surface area (Å²) in [6, 6.07) is 1.31. The second kappa shape index (κ2) is 5.95. The van der Waals surface area contributed by atoms with E-state index in [1.54, 1.807) is 0 Å². The van der Waals surface area contributed by atoms with E-state index in [1.807, 2.05) is 0 Å². The van der Waals surface area contributed by atoms with Gasteiger partial charge in [0.2, 0.25) is 5.82 Å². The van der Waals surface area contributed by atoms with Gasteiger partial charge >= 0.3 is 5.69 Å². The minimum Gasteiger partial charge on any atom is -0.490 e. The standard InChI is InChI=1S/C13H15F2NO3/c14-10-7-13(11(15)6-12(10)16(17)18)19-8-9-4-2-1-3-5-9/h6-7,9H,1-5,8H2. The Morgan fingerprint density at radius 2 is 1.89 bits per heavy atom. The van der Waals surface area contributed by atoms with Crippen molar-refractivity contribution in [2.45, 2.75) is 32.1 Å². The zero-order chi connectivity index (χ0) is 13.8. The lowest BCUT2D eigenvalue weighted by Gasteiger charge is -2.21. The lowest BCUT2D eigenvalue weighted by Crippen LogP contribution is -2.15. The average molecular weight is 271 g/mol. The van der Waals surface area contributed by atoms with Crippen LogP contribution >= 0.6 is 0 Å². The van der Waals surface area contributed by atoms with Gasteiger partial charge in [-0.3, -0.25) is 10.1 Å². The van der Waals surface area contributed by atoms with Crippen LogP contribution in [0.5, 0.6) is 5.75 Å². The molecule has 19 heavy (non-hydrogen) atoms. The number of benzene rings is 1. The maximum atomic E-state index is 13.5. The number of hydrogen-bond acceptors (Lipinski definition) is 3. The Hall–Kier alpha value is -1.72. The van der Waals surface area contributed by atoms with Crippen LogP contribution in [-0.2, 0) is 0 Å². The quantitative estimate of drug-likeness (QED) is 0.617. The van der Waals surface area contributed by atoms with Crippen molar-refractivity contribution in [1.29, 1.82) is 0 Å². The van der Waals surface area contributed by atoms with Gasteiger partial charge in [-0.15, -0.1) is 0 Å². The van der Waals surface area contributed by atoms with E-state index in [0.717, 1.165) is 31.7 Å². The smallest absolute Gasteiger partial charge is 0.307 e. The number of nitro groups is 1. The second-order valence-corrected chi connectivity index (χ2v) is 4.81. The Morgan fingerprint density at radius 1 is 1.21 bits per heavy atom. The molecule has 104 valence electrons. The van der Waals surface area contributed by atoms with Gasteiger partial charge in [0, 0.05) is 6.07 Å². The highest BCUT2D eigenvalue weighted by Crippen LogP contribution is 2.28. The fourth-order valence-corrected chi connectivity index (χ4v) is 2.33. The van der Waals surface area contributed by atoms with Crippen molar-refractivity contribution in [3.63, 3.8) is 0 Å². The van der Waals surface area contributed by atoms with Crippen molar-refractivity contribution < 1.29 is 18.4 Å². The third kappa shape index (κ3) is 3.39. The summed E-state index contributed by atoms with van der Waals surface area (Å²) in [6.45, 7) is 0.328. The summed E-state index contributed by atoms with van der Waals surface area (Å²) in [4.78, 5) is 9.49. The Labute approximate surface area is 109 Å². The molecule has 1 aliphatic rings. The predicted molar refractivity (Wildman–Crippen MR) is 65.1 cm³/mol. The first-order valence-corrected chi connectivity index (χ1v) is 6.34. The molecule has 0 aromatic heterocycles. The molecule has 0 spiro atoms. The molecule has 0 heterocycles. The van der Waals surface area contributed by atoms with Crippen LogP contribution in [0.25, 0.3) is 0 Å². The van der Waals surface area contributed by atoms with Gasteiger partial charge < -0.3 is 4.74 Å². The first kappa shape index (κ1) is 13.7. The molecule has 0 aliphatic heterocycles. The molecule has 1 aromatic carbocycles. The van der Waals surface area contributed by atoms with Gasteiger partial charge in [0.1, 0.15) is 0 Å². The summed E-state index contributed by atoms with van der Waals surface area (Å²) in [7, 11) is 0. The number of nitrogens with zero attached hydrogens (tertiary/aromatic N) is 1. The summed E-state index contributed by atoms with van der Waals surface area (Å²) in [5, 5.41) is 10.4. The van der Waals surface area contributed by atoms with Crippen molar-refractivity contribution in [3.8, 4) is 5.75 Å². The van der Waals surface area contributed by atoms with Crippen LogP contribution in [0.15, 0.2) is 12.1 Å². The number of rotatable bonds is 4. The third-order valence-corrected chi connectivity index (χ3v) is 3.40. The monoisotopic (exact) mass is 271 g/mol. The van der Waals surface area contributed by atoms with Gasteiger partial charge in [0.15, 0.2) is 11.6 Å². The van der Waals surface area contributed by atoms with E-state index in [4.69, 9.17) is 4.74 Å². The van der Waals surface area contributed by atoms with E-state index in [-0.39, 0.29) is 5.75 Å². The number of halogens is 2. The van der Waals surface area contributed by atoms with E-state index in [0.29, 0.717) is 18.6 Å². The molecule has 0 saturated heterocycles.